The molecule has 1 aliphatic rings. The topological polar surface area (TPSA) is 97.8 Å². The number of carbonyl (C=O) groups excluding carboxylic acids is 1. The van der Waals surface area contributed by atoms with Crippen LogP contribution in [-0.4, -0.2) is 49.0 Å². The Morgan fingerprint density at radius 2 is 1.91 bits per heavy atom. The van der Waals surface area contributed by atoms with Crippen molar-refractivity contribution in [1.82, 2.24) is 14.0 Å². The van der Waals surface area contributed by atoms with E-state index in [1.807, 2.05) is 0 Å². The summed E-state index contributed by atoms with van der Waals surface area (Å²) in [6, 6.07) is 3.00. The Hall–Kier alpha value is -2.35. The maximum Gasteiger partial charge on any atom is 0.425 e. The van der Waals surface area contributed by atoms with Gasteiger partial charge in [0, 0.05) is 29.7 Å². The zero-order valence-corrected chi connectivity index (χ0v) is 19.7. The SMILES string of the molecule is CC(Oc1ncc(OCc2cc(F)c(C(=O)NS(=O)(=O)N3CCC3)cc2Cl)cc1Cl)C(F)(F)F. The number of halogens is 6. The largest absolute Gasteiger partial charge is 0.487 e. The van der Waals surface area contributed by atoms with Gasteiger partial charge in [0.25, 0.3) is 5.91 Å². The van der Waals surface area contributed by atoms with E-state index in [-0.39, 0.29) is 41.1 Å². The smallest absolute Gasteiger partial charge is 0.425 e. The minimum atomic E-state index is -4.61. The summed E-state index contributed by atoms with van der Waals surface area (Å²) in [6.07, 6.45) is -5.03. The van der Waals surface area contributed by atoms with Gasteiger partial charge in [-0.15, -0.1) is 0 Å². The third-order valence-electron chi connectivity index (χ3n) is 4.68. The lowest BCUT2D eigenvalue weighted by molar-refractivity contribution is -0.189. The first kappa shape index (κ1) is 26.3. The molecule has 3 rings (SSSR count). The Labute approximate surface area is 201 Å². The molecule has 2 aromatic rings. The number of hydrogen-bond donors (Lipinski definition) is 1. The number of alkyl halides is 3. The molecular weight excluding hydrogens is 529 g/mol. The summed E-state index contributed by atoms with van der Waals surface area (Å²) >= 11 is 12.0. The molecule has 1 aromatic heterocycles. The van der Waals surface area contributed by atoms with Gasteiger partial charge in [0.1, 0.15) is 23.2 Å². The Morgan fingerprint density at radius 1 is 1.24 bits per heavy atom. The van der Waals surface area contributed by atoms with Crippen molar-refractivity contribution in [3.05, 3.63) is 51.4 Å². The van der Waals surface area contributed by atoms with Gasteiger partial charge in [-0.3, -0.25) is 4.79 Å². The van der Waals surface area contributed by atoms with Gasteiger partial charge in [-0.25, -0.2) is 14.1 Å². The predicted molar refractivity (Wildman–Crippen MR) is 114 cm³/mol. The molecule has 0 saturated carbocycles. The molecule has 8 nitrogen and oxygen atoms in total. The van der Waals surface area contributed by atoms with Crippen LogP contribution in [0.25, 0.3) is 0 Å². The summed E-state index contributed by atoms with van der Waals surface area (Å²) in [5.74, 6) is -2.65. The van der Waals surface area contributed by atoms with E-state index < -0.39 is 45.7 Å². The van der Waals surface area contributed by atoms with Gasteiger partial charge in [0.05, 0.1) is 11.8 Å². The van der Waals surface area contributed by atoms with Crippen molar-refractivity contribution in [2.45, 2.75) is 32.2 Å². The number of nitrogens with zero attached hydrogens (tertiary/aromatic N) is 2. The molecule has 1 unspecified atom stereocenters. The molecule has 0 aliphatic carbocycles. The lowest BCUT2D eigenvalue weighted by Crippen LogP contribution is -2.49. The summed E-state index contributed by atoms with van der Waals surface area (Å²) in [5, 5.41) is -0.341. The zero-order chi connectivity index (χ0) is 25.3. The van der Waals surface area contributed by atoms with Gasteiger partial charge in [-0.05, 0) is 25.5 Å². The van der Waals surface area contributed by atoms with Gasteiger partial charge in [0.2, 0.25) is 5.88 Å². The monoisotopic (exact) mass is 545 g/mol. The van der Waals surface area contributed by atoms with E-state index in [2.05, 4.69) is 9.72 Å². The van der Waals surface area contributed by atoms with Crippen LogP contribution in [0.5, 0.6) is 11.6 Å². The summed E-state index contributed by atoms with van der Waals surface area (Å²) in [7, 11) is -4.07. The number of aromatic nitrogens is 1. The summed E-state index contributed by atoms with van der Waals surface area (Å²) in [6.45, 7) is 0.995. The maximum absolute atomic E-state index is 14.5. The molecule has 1 atom stereocenters. The van der Waals surface area contributed by atoms with Crippen LogP contribution >= 0.6 is 23.2 Å². The van der Waals surface area contributed by atoms with Crippen molar-refractivity contribution in [3.8, 4) is 11.6 Å². The Morgan fingerprint density at radius 3 is 2.47 bits per heavy atom. The number of amides is 1. The van der Waals surface area contributed by atoms with E-state index in [0.29, 0.717) is 6.42 Å². The molecule has 1 fully saturated rings. The first-order valence-corrected chi connectivity index (χ1v) is 11.8. The second-order valence-electron chi connectivity index (χ2n) is 7.16. The van der Waals surface area contributed by atoms with Crippen LogP contribution in [0.2, 0.25) is 10.0 Å². The third kappa shape index (κ3) is 6.20. The second-order valence-corrected chi connectivity index (χ2v) is 9.65. The van der Waals surface area contributed by atoms with Crippen molar-refractivity contribution in [2.24, 2.45) is 0 Å². The lowest BCUT2D eigenvalue weighted by Gasteiger charge is -2.29. The fourth-order valence-electron chi connectivity index (χ4n) is 2.61. The molecule has 34 heavy (non-hydrogen) atoms. The van der Waals surface area contributed by atoms with Crippen molar-refractivity contribution in [2.75, 3.05) is 13.1 Å². The first-order valence-electron chi connectivity index (χ1n) is 9.60. The minimum absolute atomic E-state index is 0.0240. The van der Waals surface area contributed by atoms with Crippen LogP contribution in [0, 0.1) is 5.82 Å². The number of nitrogens with one attached hydrogen (secondary N) is 1. The average molecular weight is 546 g/mol. The number of hydrogen-bond acceptors (Lipinski definition) is 6. The van der Waals surface area contributed by atoms with Gasteiger partial charge < -0.3 is 9.47 Å². The fourth-order valence-corrected chi connectivity index (χ4v) is 4.24. The van der Waals surface area contributed by atoms with Crippen LogP contribution in [0.4, 0.5) is 17.6 Å². The van der Waals surface area contributed by atoms with E-state index in [1.165, 1.54) is 0 Å². The Balaban J connectivity index is 1.67. The molecule has 1 aromatic carbocycles. The van der Waals surface area contributed by atoms with Crippen molar-refractivity contribution < 1.29 is 40.2 Å². The van der Waals surface area contributed by atoms with Gasteiger partial charge in [-0.1, -0.05) is 23.2 Å². The van der Waals surface area contributed by atoms with Crippen LogP contribution in [0.1, 0.15) is 29.3 Å². The highest BCUT2D eigenvalue weighted by Crippen LogP contribution is 2.31. The van der Waals surface area contributed by atoms with Gasteiger partial charge in [0.15, 0.2) is 6.10 Å². The van der Waals surface area contributed by atoms with Crippen LogP contribution in [-0.2, 0) is 16.8 Å². The number of benzene rings is 1. The number of carbonyl (C=O) groups is 1. The molecule has 0 spiro atoms. The highest BCUT2D eigenvalue weighted by molar-refractivity contribution is 7.87. The number of rotatable bonds is 8. The molecular formula is C19H17Cl2F4N3O5S. The third-order valence-corrected chi connectivity index (χ3v) is 6.79. The maximum atomic E-state index is 14.5. The average Bonchev–Trinajstić information content (AvgIpc) is 2.67. The Bertz CT molecular complexity index is 1190. The summed E-state index contributed by atoms with van der Waals surface area (Å²) in [4.78, 5) is 15.9. The van der Waals surface area contributed by atoms with E-state index in [0.717, 1.165) is 35.6 Å². The highest BCUT2D eigenvalue weighted by Gasteiger charge is 2.38. The standard InChI is InChI=1S/C19H17Cl2F4N3O5S/c1-10(19(23,24)25)33-18-15(21)6-12(8-26-18)32-9-11-5-16(22)13(7-14(11)20)17(29)27-34(30,31)28-3-2-4-28/h5-8,10H,2-4,9H2,1H3,(H,27,29). The van der Waals surface area contributed by atoms with Gasteiger partial charge >= 0.3 is 16.4 Å². The molecule has 2 heterocycles. The molecule has 1 aliphatic heterocycles. The second kappa shape index (κ2) is 10.1. The van der Waals surface area contributed by atoms with E-state index in [1.54, 1.807) is 4.72 Å². The van der Waals surface area contributed by atoms with Gasteiger partial charge in [-0.2, -0.15) is 25.9 Å². The lowest BCUT2D eigenvalue weighted by atomic mass is 10.1. The summed E-state index contributed by atoms with van der Waals surface area (Å²) in [5.41, 5.74) is -0.480. The zero-order valence-electron chi connectivity index (χ0n) is 17.3. The number of ether oxygens (including phenoxy) is 2. The minimum Gasteiger partial charge on any atom is -0.487 e. The van der Waals surface area contributed by atoms with E-state index in [4.69, 9.17) is 27.9 Å². The van der Waals surface area contributed by atoms with E-state index >= 15 is 0 Å². The molecule has 0 radical (unpaired) electrons. The molecule has 1 amide bonds. The van der Waals surface area contributed by atoms with Crippen molar-refractivity contribution in [3.63, 3.8) is 0 Å². The quantitative estimate of drug-likeness (QED) is 0.501. The van der Waals surface area contributed by atoms with Crippen molar-refractivity contribution >= 4 is 39.3 Å². The summed E-state index contributed by atoms with van der Waals surface area (Å²) < 4.78 is 89.3. The molecule has 1 saturated heterocycles. The van der Waals surface area contributed by atoms with Crippen molar-refractivity contribution in [1.29, 1.82) is 0 Å². The van der Waals surface area contributed by atoms with Crippen LogP contribution < -0.4 is 14.2 Å². The predicted octanol–water partition coefficient (Wildman–Crippen LogP) is 4.12. The van der Waals surface area contributed by atoms with E-state index in [9.17, 15) is 30.8 Å². The molecule has 0 bridgehead atoms. The molecule has 186 valence electrons. The highest BCUT2D eigenvalue weighted by atomic mass is 35.5. The fraction of sp³-hybridized carbons (Fsp3) is 0.368. The number of pyridine rings is 1. The molecule has 1 N–H and O–H groups in total. The first-order chi connectivity index (χ1) is 15.8. The Kier molecular flexibility index (Phi) is 7.80. The van der Waals surface area contributed by atoms with Crippen LogP contribution in [0.3, 0.4) is 0 Å². The molecule has 15 heteroatoms. The normalized spacial score (nSPS) is 15.4. The van der Waals surface area contributed by atoms with Crippen LogP contribution in [0.15, 0.2) is 24.4 Å².